The van der Waals surface area contributed by atoms with Gasteiger partial charge in [-0.2, -0.15) is 0 Å². The summed E-state index contributed by atoms with van der Waals surface area (Å²) in [7, 11) is 0. The molecule has 55 heavy (non-hydrogen) atoms. The van der Waals surface area contributed by atoms with E-state index in [4.69, 9.17) is 42.6 Å². The maximum absolute atomic E-state index is 12.3. The van der Waals surface area contributed by atoms with E-state index in [1.165, 1.54) is 13.8 Å². The van der Waals surface area contributed by atoms with Crippen LogP contribution in [-0.4, -0.2) is 249 Å². The molecule has 0 aromatic carbocycles. The van der Waals surface area contributed by atoms with Gasteiger partial charge in [-0.05, 0) is 13.8 Å². The SMILES string of the molecule is C[C@@H]1O[C@@H](O[C@H]2[C@H](O[C@H]3[C@H](O[C@H]4[C@H](O)[C@@H](O[C@@H]5O[C@H](CO)[C@@H](O)[C@H](O)[C@H]5O)[C@H](O)O[C@@H]4C(=O)O)O[C@H](CO)[C@H](O)[C@@H]3O)O[C@@H](C)[C@H](O)[C@H]2O)[C@H](O)[C@H](O)[C@H]1O. The van der Waals surface area contributed by atoms with E-state index in [0.29, 0.717) is 0 Å². The average Bonchev–Trinajstić information content (AvgIpc) is 3.15. The minimum atomic E-state index is -2.30. The lowest BCUT2D eigenvalue weighted by molar-refractivity contribution is -0.403. The van der Waals surface area contributed by atoms with Gasteiger partial charge in [0.25, 0.3) is 0 Å². The molecule has 5 aliphatic rings. The molecule has 0 radical (unpaired) electrons. The molecule has 5 heterocycles. The van der Waals surface area contributed by atoms with E-state index < -0.39 is 173 Å². The topological polar surface area (TPSA) is 404 Å². The molecule has 25 heteroatoms. The molecule has 5 rings (SSSR count). The van der Waals surface area contributed by atoms with Crippen LogP contribution in [0.5, 0.6) is 0 Å². The standard InChI is InChI=1S/C30H50O25/c1-5-9(33)13(37)17(41)27(47-5)54-22-15(39)10(34)6(2)48-29(22)55-23-16(40)12(36)8(4-32)50-30(23)52-20-19(43)21(26(46)51-24(20)25(44)45)53-28-18(42)14(38)11(35)7(3-31)49-28/h5-24,26-43,46H,3-4H2,1-2H3,(H,44,45)/t5-,6-,7+,8+,9-,10-,11+,12-,13+,14-,15+,16-,17+,18+,19-,20-,21+,22+,23+,24-,26+,27-,28-,29-,30-/m0/s1. The van der Waals surface area contributed by atoms with Gasteiger partial charge < -0.3 is 119 Å². The summed E-state index contributed by atoms with van der Waals surface area (Å²) in [5, 5.41) is 157. The second kappa shape index (κ2) is 18.2. The number of carboxylic acid groups (broad SMARTS) is 1. The quantitative estimate of drug-likeness (QED) is 0.0921. The Morgan fingerprint density at radius 2 is 0.818 bits per heavy atom. The molecule has 5 saturated heterocycles. The summed E-state index contributed by atoms with van der Waals surface area (Å²) in [4.78, 5) is 12.3. The van der Waals surface area contributed by atoms with Gasteiger partial charge in [-0.3, -0.25) is 0 Å². The Balaban J connectivity index is 1.42. The van der Waals surface area contributed by atoms with Gasteiger partial charge in [0.05, 0.1) is 25.4 Å². The number of hydrogen-bond donors (Lipinski definition) is 15. The predicted octanol–water partition coefficient (Wildman–Crippen LogP) is -9.78. The minimum absolute atomic E-state index is 0.881. The molecule has 0 aromatic rings. The molecule has 0 bridgehead atoms. The van der Waals surface area contributed by atoms with Crippen molar-refractivity contribution in [3.63, 3.8) is 0 Å². The summed E-state index contributed by atoms with van der Waals surface area (Å²) < 4.78 is 49.9. The Bertz CT molecular complexity index is 1250. The molecule has 0 saturated carbocycles. The zero-order valence-electron chi connectivity index (χ0n) is 29.1. The first-order valence-electron chi connectivity index (χ1n) is 17.3. The van der Waals surface area contributed by atoms with Gasteiger partial charge in [0.2, 0.25) is 0 Å². The fourth-order valence-electron chi connectivity index (χ4n) is 6.83. The summed E-state index contributed by atoms with van der Waals surface area (Å²) in [5.74, 6) is -1.84. The Morgan fingerprint density at radius 3 is 1.36 bits per heavy atom. The van der Waals surface area contributed by atoms with Crippen LogP contribution < -0.4 is 0 Å². The predicted molar refractivity (Wildman–Crippen MR) is 164 cm³/mol. The molecular weight excluding hydrogens is 760 g/mol. The number of carboxylic acids is 1. The second-order valence-corrected chi connectivity index (χ2v) is 14.0. The van der Waals surface area contributed by atoms with Gasteiger partial charge >= 0.3 is 5.97 Å². The van der Waals surface area contributed by atoms with Gasteiger partial charge in [0.1, 0.15) is 104 Å². The summed E-state index contributed by atoms with van der Waals surface area (Å²) in [6.45, 7) is 0.766. The summed E-state index contributed by atoms with van der Waals surface area (Å²) >= 11 is 0. The van der Waals surface area contributed by atoms with E-state index in [1.54, 1.807) is 0 Å². The first-order chi connectivity index (χ1) is 25.8. The summed E-state index contributed by atoms with van der Waals surface area (Å²) in [6.07, 6.45) is -47.1. The van der Waals surface area contributed by atoms with Crippen molar-refractivity contribution in [2.24, 2.45) is 0 Å². The van der Waals surface area contributed by atoms with Crippen molar-refractivity contribution in [2.75, 3.05) is 13.2 Å². The Morgan fingerprint density at radius 1 is 0.436 bits per heavy atom. The maximum atomic E-state index is 12.3. The van der Waals surface area contributed by atoms with Crippen molar-refractivity contribution in [3.8, 4) is 0 Å². The highest BCUT2D eigenvalue weighted by atomic mass is 16.8. The fourth-order valence-corrected chi connectivity index (χ4v) is 6.83. The lowest BCUT2D eigenvalue weighted by atomic mass is 9.95. The number of rotatable bonds is 11. The van der Waals surface area contributed by atoms with Crippen molar-refractivity contribution in [1.29, 1.82) is 0 Å². The second-order valence-electron chi connectivity index (χ2n) is 14.0. The molecular formula is C30H50O25. The van der Waals surface area contributed by atoms with E-state index in [1.807, 2.05) is 0 Å². The van der Waals surface area contributed by atoms with Crippen LogP contribution in [0.3, 0.4) is 0 Å². The van der Waals surface area contributed by atoms with E-state index in [-0.39, 0.29) is 0 Å². The molecule has 0 amide bonds. The van der Waals surface area contributed by atoms with Crippen LogP contribution in [0.2, 0.25) is 0 Å². The number of ether oxygens (including phenoxy) is 9. The highest BCUT2D eigenvalue weighted by molar-refractivity contribution is 5.73. The van der Waals surface area contributed by atoms with Gasteiger partial charge in [-0.25, -0.2) is 4.79 Å². The first-order valence-corrected chi connectivity index (χ1v) is 17.3. The lowest BCUT2D eigenvalue weighted by Crippen LogP contribution is -2.68. The van der Waals surface area contributed by atoms with E-state index in [0.717, 1.165) is 0 Å². The molecule has 5 aliphatic heterocycles. The van der Waals surface area contributed by atoms with Gasteiger partial charge in [-0.15, -0.1) is 0 Å². The molecule has 25 nitrogen and oxygen atoms in total. The third kappa shape index (κ3) is 8.94. The first kappa shape index (κ1) is 44.6. The van der Waals surface area contributed by atoms with Crippen LogP contribution in [0.25, 0.3) is 0 Å². The zero-order chi connectivity index (χ0) is 40.8. The van der Waals surface area contributed by atoms with Crippen molar-refractivity contribution in [1.82, 2.24) is 0 Å². The van der Waals surface area contributed by atoms with Gasteiger partial charge in [0, 0.05) is 0 Å². The third-order valence-corrected chi connectivity index (χ3v) is 10.2. The van der Waals surface area contributed by atoms with Crippen molar-refractivity contribution < 1.29 is 124 Å². The van der Waals surface area contributed by atoms with E-state index >= 15 is 0 Å². The molecule has 15 N–H and O–H groups in total. The van der Waals surface area contributed by atoms with Gasteiger partial charge in [-0.1, -0.05) is 0 Å². The number of carbonyl (C=O) groups is 1. The average molecular weight is 811 g/mol. The fraction of sp³-hybridized carbons (Fsp3) is 0.967. The van der Waals surface area contributed by atoms with Crippen molar-refractivity contribution in [3.05, 3.63) is 0 Å². The molecule has 25 atom stereocenters. The van der Waals surface area contributed by atoms with Crippen LogP contribution in [0.4, 0.5) is 0 Å². The Kier molecular flexibility index (Phi) is 14.8. The highest BCUT2D eigenvalue weighted by Crippen LogP contribution is 2.36. The summed E-state index contributed by atoms with van der Waals surface area (Å²) in [6, 6.07) is 0. The van der Waals surface area contributed by atoms with Crippen LogP contribution in [0.1, 0.15) is 13.8 Å². The molecule has 0 aromatic heterocycles. The van der Waals surface area contributed by atoms with Crippen LogP contribution >= 0.6 is 0 Å². The van der Waals surface area contributed by atoms with Crippen molar-refractivity contribution in [2.45, 2.75) is 167 Å². The van der Waals surface area contributed by atoms with Crippen LogP contribution in [0, 0.1) is 0 Å². The third-order valence-electron chi connectivity index (χ3n) is 10.2. The number of hydrogen-bond acceptors (Lipinski definition) is 24. The molecule has 0 unspecified atom stereocenters. The minimum Gasteiger partial charge on any atom is -0.479 e. The molecule has 5 fully saturated rings. The number of aliphatic carboxylic acids is 1. The smallest absolute Gasteiger partial charge is 0.335 e. The van der Waals surface area contributed by atoms with E-state index in [9.17, 15) is 81.4 Å². The summed E-state index contributed by atoms with van der Waals surface area (Å²) in [5.41, 5.74) is 0. The Hall–Kier alpha value is -1.45. The van der Waals surface area contributed by atoms with Crippen molar-refractivity contribution >= 4 is 5.97 Å². The maximum Gasteiger partial charge on any atom is 0.335 e. The highest BCUT2D eigenvalue weighted by Gasteiger charge is 2.57. The molecule has 0 aliphatic carbocycles. The normalized spacial score (nSPS) is 53.9. The number of aliphatic hydroxyl groups is 14. The Labute approximate surface area is 310 Å². The largest absolute Gasteiger partial charge is 0.479 e. The van der Waals surface area contributed by atoms with Gasteiger partial charge in [0.15, 0.2) is 37.6 Å². The van der Waals surface area contributed by atoms with Crippen LogP contribution in [0.15, 0.2) is 0 Å². The molecule has 0 spiro atoms. The molecule has 320 valence electrons. The zero-order valence-corrected chi connectivity index (χ0v) is 29.1. The lowest BCUT2D eigenvalue weighted by Gasteiger charge is -2.49. The van der Waals surface area contributed by atoms with E-state index in [2.05, 4.69) is 0 Å². The van der Waals surface area contributed by atoms with Crippen LogP contribution in [-0.2, 0) is 47.4 Å². The monoisotopic (exact) mass is 810 g/mol. The number of aliphatic hydroxyl groups excluding tert-OH is 14.